The van der Waals surface area contributed by atoms with Crippen LogP contribution in [-0.4, -0.2) is 19.5 Å². The van der Waals surface area contributed by atoms with E-state index in [1.807, 2.05) is 0 Å². The summed E-state index contributed by atoms with van der Waals surface area (Å²) >= 11 is 5.83. The van der Waals surface area contributed by atoms with Crippen LogP contribution in [0.25, 0.3) is 0 Å². The van der Waals surface area contributed by atoms with E-state index < -0.39 is 0 Å². The molecule has 4 heteroatoms. The van der Waals surface area contributed by atoms with E-state index in [1.54, 1.807) is 12.1 Å². The average Bonchev–Trinajstić information content (AvgIpc) is 2.51. The highest BCUT2D eigenvalue weighted by atomic mass is 35.5. The van der Waals surface area contributed by atoms with Gasteiger partial charge in [0.05, 0.1) is 12.1 Å². The van der Waals surface area contributed by atoms with Gasteiger partial charge in [-0.15, -0.1) is 0 Å². The number of carbonyl (C=O) groups is 1. The van der Waals surface area contributed by atoms with Crippen LogP contribution in [-0.2, 0) is 0 Å². The molecule has 0 unspecified atom stereocenters. The van der Waals surface area contributed by atoms with Crippen LogP contribution in [0.2, 0.25) is 5.02 Å². The number of benzene rings is 1. The predicted octanol–water partition coefficient (Wildman–Crippen LogP) is 1.92. The summed E-state index contributed by atoms with van der Waals surface area (Å²) in [4.78, 5) is 11.3. The molecular formula is C9H7ClO3. The van der Waals surface area contributed by atoms with Crippen LogP contribution in [0.5, 0.6) is 11.5 Å². The van der Waals surface area contributed by atoms with Gasteiger partial charge in [-0.05, 0) is 12.1 Å². The smallest absolute Gasteiger partial charge is 0.207 e. The Bertz CT molecular complexity index is 373. The molecule has 0 saturated heterocycles. The van der Waals surface area contributed by atoms with Crippen LogP contribution in [0.4, 0.5) is 0 Å². The number of hydrogen-bond donors (Lipinski definition) is 0. The molecule has 0 atom stereocenters. The fraction of sp³-hybridized carbons (Fsp3) is 0.222. The minimum Gasteiger partial charge on any atom is -0.496 e. The second-order valence-electron chi connectivity index (χ2n) is 2.67. The van der Waals surface area contributed by atoms with Crippen molar-refractivity contribution in [2.24, 2.45) is 0 Å². The molecule has 0 bridgehead atoms. The Balaban J connectivity index is 2.66. The fourth-order valence-corrected chi connectivity index (χ4v) is 1.54. The summed E-state index contributed by atoms with van der Waals surface area (Å²) < 4.78 is 10.1. The van der Waals surface area contributed by atoms with E-state index in [2.05, 4.69) is 0 Å². The molecule has 1 aromatic carbocycles. The van der Waals surface area contributed by atoms with Gasteiger partial charge in [0, 0.05) is 0 Å². The van der Waals surface area contributed by atoms with Gasteiger partial charge < -0.3 is 9.47 Å². The van der Waals surface area contributed by atoms with Crippen LogP contribution < -0.4 is 9.47 Å². The standard InChI is InChI=1S/C9H7ClO3/c1-12-7-3-2-5(10)9-8(7)6(11)4-13-9/h2-3H,4H2,1H3. The van der Waals surface area contributed by atoms with Gasteiger partial charge in [0.2, 0.25) is 5.78 Å². The van der Waals surface area contributed by atoms with Crippen molar-refractivity contribution in [2.75, 3.05) is 13.7 Å². The summed E-state index contributed by atoms with van der Waals surface area (Å²) in [5.41, 5.74) is 0.454. The number of hydrogen-bond acceptors (Lipinski definition) is 3. The van der Waals surface area contributed by atoms with E-state index >= 15 is 0 Å². The molecule has 0 saturated carbocycles. The zero-order chi connectivity index (χ0) is 9.42. The Morgan fingerprint density at radius 3 is 3.00 bits per heavy atom. The third-order valence-corrected chi connectivity index (χ3v) is 2.22. The molecule has 0 fully saturated rings. The van der Waals surface area contributed by atoms with Gasteiger partial charge in [0.15, 0.2) is 12.4 Å². The molecule has 0 amide bonds. The lowest BCUT2D eigenvalue weighted by molar-refractivity contribution is 0.0959. The van der Waals surface area contributed by atoms with Gasteiger partial charge in [-0.1, -0.05) is 11.6 Å². The van der Waals surface area contributed by atoms with Crippen molar-refractivity contribution in [3.63, 3.8) is 0 Å². The van der Waals surface area contributed by atoms with E-state index in [1.165, 1.54) is 7.11 Å². The lowest BCUT2D eigenvalue weighted by Gasteiger charge is -2.05. The summed E-state index contributed by atoms with van der Waals surface area (Å²) in [6.45, 7) is 0.0510. The molecule has 1 aliphatic heterocycles. The summed E-state index contributed by atoms with van der Waals surface area (Å²) in [6, 6.07) is 3.31. The van der Waals surface area contributed by atoms with Crippen molar-refractivity contribution in [3.8, 4) is 11.5 Å². The molecule has 0 spiro atoms. The second kappa shape index (κ2) is 2.92. The van der Waals surface area contributed by atoms with Crippen molar-refractivity contribution in [1.29, 1.82) is 0 Å². The molecule has 3 nitrogen and oxygen atoms in total. The quantitative estimate of drug-likeness (QED) is 0.692. The van der Waals surface area contributed by atoms with Gasteiger partial charge in [-0.2, -0.15) is 0 Å². The van der Waals surface area contributed by atoms with E-state index in [9.17, 15) is 4.79 Å². The van der Waals surface area contributed by atoms with Crippen molar-refractivity contribution < 1.29 is 14.3 Å². The summed E-state index contributed by atoms with van der Waals surface area (Å²) in [5, 5.41) is 0.446. The number of ether oxygens (including phenoxy) is 2. The maximum atomic E-state index is 11.3. The van der Waals surface area contributed by atoms with E-state index in [0.29, 0.717) is 22.1 Å². The summed E-state index contributed by atoms with van der Waals surface area (Å²) in [6.07, 6.45) is 0. The van der Waals surface area contributed by atoms with Gasteiger partial charge in [-0.25, -0.2) is 0 Å². The van der Waals surface area contributed by atoms with Gasteiger partial charge >= 0.3 is 0 Å². The first-order valence-electron chi connectivity index (χ1n) is 3.76. The number of Topliss-reactive ketones (excluding diaryl/α,β-unsaturated/α-hetero) is 1. The second-order valence-corrected chi connectivity index (χ2v) is 3.07. The molecule has 0 N–H and O–H groups in total. The van der Waals surface area contributed by atoms with Gasteiger partial charge in [-0.3, -0.25) is 4.79 Å². The minimum absolute atomic E-state index is 0.0510. The Hall–Kier alpha value is -1.22. The Kier molecular flexibility index (Phi) is 1.88. The zero-order valence-corrected chi connectivity index (χ0v) is 7.72. The third kappa shape index (κ3) is 1.16. The zero-order valence-electron chi connectivity index (χ0n) is 6.96. The monoisotopic (exact) mass is 198 g/mol. The first-order valence-corrected chi connectivity index (χ1v) is 4.14. The Labute approximate surface area is 80.2 Å². The Morgan fingerprint density at radius 1 is 1.54 bits per heavy atom. The number of ketones is 1. The highest BCUT2D eigenvalue weighted by molar-refractivity contribution is 6.33. The van der Waals surface area contributed by atoms with Crippen LogP contribution in [0.3, 0.4) is 0 Å². The third-order valence-electron chi connectivity index (χ3n) is 1.92. The highest BCUT2D eigenvalue weighted by Gasteiger charge is 2.27. The number of methoxy groups -OCH3 is 1. The maximum Gasteiger partial charge on any atom is 0.207 e. The SMILES string of the molecule is COc1ccc(Cl)c2c1C(=O)CO2. The van der Waals surface area contributed by atoms with E-state index in [0.717, 1.165) is 0 Å². The van der Waals surface area contributed by atoms with Gasteiger partial charge in [0.1, 0.15) is 11.3 Å². The molecule has 1 aliphatic rings. The van der Waals surface area contributed by atoms with E-state index in [4.69, 9.17) is 21.1 Å². The summed E-state index contributed by atoms with van der Waals surface area (Å²) in [5.74, 6) is 0.863. The van der Waals surface area contributed by atoms with Crippen LogP contribution >= 0.6 is 11.6 Å². The summed E-state index contributed by atoms with van der Waals surface area (Å²) in [7, 11) is 1.51. The van der Waals surface area contributed by atoms with Crippen molar-refractivity contribution in [1.82, 2.24) is 0 Å². The van der Waals surface area contributed by atoms with Crippen LogP contribution in [0.1, 0.15) is 10.4 Å². The molecule has 0 aromatic heterocycles. The van der Waals surface area contributed by atoms with Crippen molar-refractivity contribution in [2.45, 2.75) is 0 Å². The number of rotatable bonds is 1. The average molecular weight is 199 g/mol. The molecule has 0 aliphatic carbocycles. The molecule has 1 heterocycles. The lowest BCUT2D eigenvalue weighted by atomic mass is 10.1. The van der Waals surface area contributed by atoms with Crippen molar-refractivity contribution >= 4 is 17.4 Å². The Morgan fingerprint density at radius 2 is 2.31 bits per heavy atom. The fourth-order valence-electron chi connectivity index (χ4n) is 1.32. The van der Waals surface area contributed by atoms with Crippen LogP contribution in [0, 0.1) is 0 Å². The van der Waals surface area contributed by atoms with Crippen molar-refractivity contribution in [3.05, 3.63) is 22.7 Å². The number of fused-ring (bicyclic) bond motifs is 1. The molecule has 13 heavy (non-hydrogen) atoms. The molecule has 68 valence electrons. The minimum atomic E-state index is -0.0886. The molecule has 0 radical (unpaired) electrons. The maximum absolute atomic E-state index is 11.3. The largest absolute Gasteiger partial charge is 0.496 e. The first kappa shape index (κ1) is 8.38. The predicted molar refractivity (Wildman–Crippen MR) is 47.8 cm³/mol. The van der Waals surface area contributed by atoms with Gasteiger partial charge in [0.25, 0.3) is 0 Å². The molecular weight excluding hydrogens is 192 g/mol. The van der Waals surface area contributed by atoms with Crippen LogP contribution in [0.15, 0.2) is 12.1 Å². The highest BCUT2D eigenvalue weighted by Crippen LogP contribution is 2.38. The number of carbonyl (C=O) groups excluding carboxylic acids is 1. The first-order chi connectivity index (χ1) is 6.24. The lowest BCUT2D eigenvalue weighted by Crippen LogP contribution is -2.00. The van der Waals surface area contributed by atoms with E-state index in [-0.39, 0.29) is 12.4 Å². The molecule has 1 aromatic rings. The number of halogens is 1. The normalized spacial score (nSPS) is 13.8. The molecule has 2 rings (SSSR count). The topological polar surface area (TPSA) is 35.5 Å².